The van der Waals surface area contributed by atoms with Crippen molar-refractivity contribution in [1.29, 1.82) is 0 Å². The predicted molar refractivity (Wildman–Crippen MR) is 73.8 cm³/mol. The van der Waals surface area contributed by atoms with Gasteiger partial charge in [0.25, 0.3) is 5.91 Å². The molecule has 0 spiro atoms. The summed E-state index contributed by atoms with van der Waals surface area (Å²) in [4.78, 5) is 17.4. The van der Waals surface area contributed by atoms with E-state index in [0.717, 1.165) is 27.6 Å². The van der Waals surface area contributed by atoms with Crippen molar-refractivity contribution in [3.05, 3.63) is 51.0 Å². The molecular weight excluding hydrogens is 282 g/mol. The molecule has 0 saturated heterocycles. The molecule has 1 unspecified atom stereocenters. The number of aryl methyl sites for hydroxylation is 2. The summed E-state index contributed by atoms with van der Waals surface area (Å²) < 4.78 is 26.5. The van der Waals surface area contributed by atoms with Gasteiger partial charge in [-0.3, -0.25) is 4.79 Å². The van der Waals surface area contributed by atoms with Gasteiger partial charge in [0.2, 0.25) is 5.95 Å². The van der Waals surface area contributed by atoms with Crippen molar-refractivity contribution in [3.8, 4) is 0 Å². The minimum absolute atomic E-state index is 0.275. The van der Waals surface area contributed by atoms with E-state index in [0.29, 0.717) is 0 Å². The highest BCUT2D eigenvalue weighted by molar-refractivity contribution is 7.12. The topological polar surface area (TPSA) is 42.0 Å². The fraction of sp³-hybridized carbons (Fsp3) is 0.286. The first-order valence-electron chi connectivity index (χ1n) is 6.08. The maximum atomic E-state index is 13.5. The molecule has 106 valence electrons. The molecule has 2 aromatic heterocycles. The van der Waals surface area contributed by atoms with Gasteiger partial charge in [-0.05, 0) is 38.5 Å². The third-order valence-electron chi connectivity index (χ3n) is 2.98. The Morgan fingerprint density at radius 1 is 1.40 bits per heavy atom. The van der Waals surface area contributed by atoms with Crippen LogP contribution in [0, 0.1) is 25.6 Å². The summed E-state index contributed by atoms with van der Waals surface area (Å²) >= 11 is 1.63. The van der Waals surface area contributed by atoms with Gasteiger partial charge >= 0.3 is 0 Å². The quantitative estimate of drug-likeness (QED) is 0.880. The van der Waals surface area contributed by atoms with Crippen molar-refractivity contribution in [3.63, 3.8) is 0 Å². The van der Waals surface area contributed by atoms with Gasteiger partial charge in [-0.2, -0.15) is 4.39 Å². The van der Waals surface area contributed by atoms with E-state index in [2.05, 4.69) is 10.3 Å². The summed E-state index contributed by atoms with van der Waals surface area (Å²) in [5.41, 5.74) is 0.643. The van der Waals surface area contributed by atoms with Gasteiger partial charge in [0.15, 0.2) is 5.82 Å². The number of hydrogen-bond donors (Lipinski definition) is 1. The van der Waals surface area contributed by atoms with Gasteiger partial charge in [-0.1, -0.05) is 0 Å². The molecule has 3 nitrogen and oxygen atoms in total. The number of aromatic nitrogens is 1. The molecule has 0 bridgehead atoms. The van der Waals surface area contributed by atoms with Crippen LogP contribution in [-0.4, -0.2) is 10.9 Å². The lowest BCUT2D eigenvalue weighted by Crippen LogP contribution is -2.28. The van der Waals surface area contributed by atoms with Crippen LogP contribution >= 0.6 is 11.3 Å². The zero-order valence-electron chi connectivity index (χ0n) is 11.3. The number of thiophene rings is 1. The third kappa shape index (κ3) is 2.85. The molecule has 0 aliphatic carbocycles. The summed E-state index contributed by atoms with van der Waals surface area (Å²) in [7, 11) is 0. The molecule has 0 aliphatic rings. The van der Waals surface area contributed by atoms with Crippen LogP contribution in [0.1, 0.15) is 38.6 Å². The SMILES string of the molecule is Cc1cc(C(C)NC(=O)c2ccnc(F)c2F)c(C)s1. The van der Waals surface area contributed by atoms with Crippen LogP contribution in [0.2, 0.25) is 0 Å². The minimum atomic E-state index is -1.27. The zero-order chi connectivity index (χ0) is 14.9. The van der Waals surface area contributed by atoms with Crippen LogP contribution in [0.15, 0.2) is 18.3 Å². The first-order valence-corrected chi connectivity index (χ1v) is 6.89. The number of amides is 1. The van der Waals surface area contributed by atoms with Gasteiger partial charge < -0.3 is 5.32 Å². The average Bonchev–Trinajstić information content (AvgIpc) is 2.71. The highest BCUT2D eigenvalue weighted by atomic mass is 32.1. The molecule has 2 aromatic rings. The van der Waals surface area contributed by atoms with Gasteiger partial charge in [0.1, 0.15) is 0 Å². The largest absolute Gasteiger partial charge is 0.345 e. The first kappa shape index (κ1) is 14.6. The Kier molecular flexibility index (Phi) is 4.13. The Morgan fingerprint density at radius 3 is 2.70 bits per heavy atom. The molecule has 1 amide bonds. The van der Waals surface area contributed by atoms with Crippen molar-refractivity contribution in [1.82, 2.24) is 10.3 Å². The maximum absolute atomic E-state index is 13.5. The molecule has 0 aliphatic heterocycles. The fourth-order valence-electron chi connectivity index (χ4n) is 2.03. The number of halogens is 2. The second kappa shape index (κ2) is 5.66. The lowest BCUT2D eigenvalue weighted by molar-refractivity contribution is 0.0934. The molecule has 0 radical (unpaired) electrons. The molecular formula is C14H14F2N2OS. The molecule has 1 atom stereocenters. The Hall–Kier alpha value is -1.82. The highest BCUT2D eigenvalue weighted by Crippen LogP contribution is 2.26. The molecule has 6 heteroatoms. The van der Waals surface area contributed by atoms with Crippen LogP contribution in [-0.2, 0) is 0 Å². The van der Waals surface area contributed by atoms with Gasteiger partial charge in [-0.15, -0.1) is 11.3 Å². The number of hydrogen-bond acceptors (Lipinski definition) is 3. The minimum Gasteiger partial charge on any atom is -0.345 e. The monoisotopic (exact) mass is 296 g/mol. The maximum Gasteiger partial charge on any atom is 0.254 e. The lowest BCUT2D eigenvalue weighted by atomic mass is 10.1. The Balaban J connectivity index is 2.19. The lowest BCUT2D eigenvalue weighted by Gasteiger charge is -2.14. The van der Waals surface area contributed by atoms with Crippen LogP contribution in [0.3, 0.4) is 0 Å². The summed E-state index contributed by atoms with van der Waals surface area (Å²) in [6.45, 7) is 5.75. The molecule has 20 heavy (non-hydrogen) atoms. The molecule has 2 rings (SSSR count). The van der Waals surface area contributed by atoms with Gasteiger partial charge in [0, 0.05) is 16.0 Å². The second-order valence-corrected chi connectivity index (χ2v) is 5.99. The number of carbonyl (C=O) groups is 1. The van der Waals surface area contributed by atoms with Gasteiger partial charge in [0.05, 0.1) is 11.6 Å². The number of pyridine rings is 1. The van der Waals surface area contributed by atoms with Crippen molar-refractivity contribution in [2.75, 3.05) is 0 Å². The Bertz CT molecular complexity index is 655. The second-order valence-electron chi connectivity index (χ2n) is 4.53. The van der Waals surface area contributed by atoms with E-state index in [1.54, 1.807) is 11.3 Å². The number of nitrogens with one attached hydrogen (secondary N) is 1. The zero-order valence-corrected chi connectivity index (χ0v) is 12.1. The van der Waals surface area contributed by atoms with E-state index in [-0.39, 0.29) is 11.6 Å². The predicted octanol–water partition coefficient (Wildman–Crippen LogP) is 3.53. The highest BCUT2D eigenvalue weighted by Gasteiger charge is 2.19. The van der Waals surface area contributed by atoms with E-state index < -0.39 is 17.7 Å². The van der Waals surface area contributed by atoms with Crippen molar-refractivity contribution >= 4 is 17.2 Å². The summed E-state index contributed by atoms with van der Waals surface area (Å²) in [6.07, 6.45) is 1.07. The number of rotatable bonds is 3. The van der Waals surface area contributed by atoms with E-state index in [1.165, 1.54) is 0 Å². The van der Waals surface area contributed by atoms with Crippen LogP contribution in [0.25, 0.3) is 0 Å². The molecule has 2 heterocycles. The molecule has 1 N–H and O–H groups in total. The normalized spacial score (nSPS) is 12.2. The van der Waals surface area contributed by atoms with E-state index in [4.69, 9.17) is 0 Å². The number of nitrogens with zero attached hydrogens (tertiary/aromatic N) is 1. The summed E-state index contributed by atoms with van der Waals surface area (Å²) in [6, 6.07) is 2.86. The smallest absolute Gasteiger partial charge is 0.254 e. The van der Waals surface area contributed by atoms with E-state index in [1.807, 2.05) is 26.8 Å². The number of carbonyl (C=O) groups excluding carboxylic acids is 1. The van der Waals surface area contributed by atoms with Crippen molar-refractivity contribution < 1.29 is 13.6 Å². The first-order chi connectivity index (χ1) is 9.40. The summed E-state index contributed by atoms with van der Waals surface area (Å²) in [5, 5.41) is 2.67. The average molecular weight is 296 g/mol. The molecule has 0 fully saturated rings. The Morgan fingerprint density at radius 2 is 2.10 bits per heavy atom. The van der Waals surface area contributed by atoms with Gasteiger partial charge in [-0.25, -0.2) is 9.37 Å². The van der Waals surface area contributed by atoms with Crippen molar-refractivity contribution in [2.45, 2.75) is 26.8 Å². The van der Waals surface area contributed by atoms with Crippen LogP contribution in [0.5, 0.6) is 0 Å². The fourth-order valence-corrected chi connectivity index (χ4v) is 3.05. The van der Waals surface area contributed by atoms with E-state index in [9.17, 15) is 13.6 Å². The van der Waals surface area contributed by atoms with Crippen molar-refractivity contribution in [2.24, 2.45) is 0 Å². The molecule has 0 saturated carbocycles. The van der Waals surface area contributed by atoms with Crippen LogP contribution < -0.4 is 5.32 Å². The Labute approximate surface area is 119 Å². The third-order valence-corrected chi connectivity index (χ3v) is 3.97. The standard InChI is InChI=1S/C14H14F2N2OS/c1-7-6-11(9(3)20-7)8(2)18-14(19)10-4-5-17-13(16)12(10)15/h4-6,8H,1-3H3,(H,18,19). The molecule has 0 aromatic carbocycles. The van der Waals surface area contributed by atoms with E-state index >= 15 is 0 Å². The van der Waals surface area contributed by atoms with Crippen LogP contribution in [0.4, 0.5) is 8.78 Å². The summed E-state index contributed by atoms with van der Waals surface area (Å²) in [5.74, 6) is -3.15.